The summed E-state index contributed by atoms with van der Waals surface area (Å²) in [4.78, 5) is 4.84. The van der Waals surface area contributed by atoms with E-state index in [0.29, 0.717) is 0 Å². The van der Waals surface area contributed by atoms with Crippen molar-refractivity contribution in [2.24, 2.45) is 0 Å². The summed E-state index contributed by atoms with van der Waals surface area (Å²) >= 11 is 0. The predicted octanol–water partition coefficient (Wildman–Crippen LogP) is 19.1. The van der Waals surface area contributed by atoms with Gasteiger partial charge in [-0.25, -0.2) is 0 Å². The van der Waals surface area contributed by atoms with Crippen molar-refractivity contribution in [1.82, 2.24) is 0 Å². The fraction of sp³-hybridized carbons (Fsp3) is 0.0571. The molecular weight excluding hydrogens is 901 g/mol. The van der Waals surface area contributed by atoms with E-state index in [1.54, 1.807) is 0 Å². The van der Waals surface area contributed by atoms with Crippen molar-refractivity contribution in [2.45, 2.75) is 24.7 Å². The lowest BCUT2D eigenvalue weighted by Crippen LogP contribution is -2.23. The molecule has 4 heteroatoms. The Hall–Kier alpha value is -9.38. The molecule has 2 aliphatic carbocycles. The van der Waals surface area contributed by atoms with E-state index in [1.807, 2.05) is 12.1 Å². The molecule has 350 valence electrons. The van der Waals surface area contributed by atoms with Gasteiger partial charge in [-0.2, -0.15) is 0 Å². The van der Waals surface area contributed by atoms with Gasteiger partial charge in [-0.3, -0.25) is 0 Å². The average molecular weight is 949 g/mol. The molecule has 2 aromatic heterocycles. The second-order valence-corrected chi connectivity index (χ2v) is 20.3. The van der Waals surface area contributed by atoms with Crippen LogP contribution in [0.5, 0.6) is 0 Å². The van der Waals surface area contributed by atoms with Gasteiger partial charge in [-0.1, -0.05) is 170 Å². The molecule has 0 aliphatic heterocycles. The van der Waals surface area contributed by atoms with Gasteiger partial charge in [0.2, 0.25) is 0 Å². The van der Waals surface area contributed by atoms with Crippen LogP contribution in [-0.4, -0.2) is 0 Å². The van der Waals surface area contributed by atoms with Gasteiger partial charge in [0.25, 0.3) is 0 Å². The number of fused-ring (bicyclic) bond motifs is 12. The maximum absolute atomic E-state index is 6.63. The molecule has 0 fully saturated rings. The normalized spacial score (nSPS) is 16.4. The Balaban J connectivity index is 0.968. The fourth-order valence-electron chi connectivity index (χ4n) is 12.8. The molecule has 4 nitrogen and oxygen atoms in total. The number of hydrogen-bond acceptors (Lipinski definition) is 4. The lowest BCUT2D eigenvalue weighted by atomic mass is 9.74. The minimum Gasteiger partial charge on any atom is -0.456 e. The molecule has 74 heavy (non-hydrogen) atoms. The Bertz CT molecular complexity index is 4380. The van der Waals surface area contributed by atoms with E-state index >= 15 is 0 Å². The fourth-order valence-corrected chi connectivity index (χ4v) is 12.8. The number of anilines is 6. The summed E-state index contributed by atoms with van der Waals surface area (Å²) < 4.78 is 13.3. The van der Waals surface area contributed by atoms with Gasteiger partial charge in [-0.15, -0.1) is 0 Å². The lowest BCUT2D eigenvalue weighted by Gasteiger charge is -2.32. The standard InChI is InChI=1S/C70H48N2O2/c1-69(45-19-5-3-6-20-45)59-29-13-9-25-52(59)54-38-35-49(42-61(54)69)71(51-37-40-57-56-27-11-15-32-64(56)74-67(57)44-51)47-23-17-24-48(41-47)72(63-31-18-34-66-68(63)58-28-12-16-33-65(58)73-66)50-36-39-55-53-26-10-14-30-60(53)70(2,62(55)43-50)46-21-7-4-8-22-46/h3-44H,1-2H3. The zero-order valence-electron chi connectivity index (χ0n) is 41.0. The van der Waals surface area contributed by atoms with E-state index in [1.165, 1.54) is 55.6 Å². The van der Waals surface area contributed by atoms with Gasteiger partial charge in [0.1, 0.15) is 22.3 Å². The zero-order valence-corrected chi connectivity index (χ0v) is 41.0. The predicted molar refractivity (Wildman–Crippen MR) is 305 cm³/mol. The Morgan fingerprint density at radius 2 is 0.716 bits per heavy atom. The quantitative estimate of drug-likeness (QED) is 0.152. The van der Waals surface area contributed by atoms with Crippen LogP contribution < -0.4 is 9.80 Å². The maximum Gasteiger partial charge on any atom is 0.137 e. The summed E-state index contributed by atoms with van der Waals surface area (Å²) in [5.41, 5.74) is 21.5. The molecular formula is C70H48N2O2. The van der Waals surface area contributed by atoms with Crippen molar-refractivity contribution in [1.29, 1.82) is 0 Å². The first kappa shape index (κ1) is 42.3. The molecule has 0 saturated heterocycles. The number of furan rings is 2. The van der Waals surface area contributed by atoms with Gasteiger partial charge in [0, 0.05) is 61.5 Å². The molecule has 2 unspecified atom stereocenters. The van der Waals surface area contributed by atoms with Crippen LogP contribution in [0.1, 0.15) is 47.2 Å². The highest BCUT2D eigenvalue weighted by atomic mass is 16.3. The molecule has 0 bridgehead atoms. The first-order valence-corrected chi connectivity index (χ1v) is 25.6. The van der Waals surface area contributed by atoms with Gasteiger partial charge >= 0.3 is 0 Å². The third-order valence-corrected chi connectivity index (χ3v) is 16.4. The van der Waals surface area contributed by atoms with Crippen LogP contribution >= 0.6 is 0 Å². The molecule has 2 atom stereocenters. The highest BCUT2D eigenvalue weighted by Gasteiger charge is 2.43. The molecule has 13 aromatic rings. The van der Waals surface area contributed by atoms with Crippen LogP contribution in [0, 0.1) is 0 Å². The maximum atomic E-state index is 6.63. The molecule has 11 aromatic carbocycles. The average Bonchev–Trinajstić information content (AvgIpc) is 4.18. The second-order valence-electron chi connectivity index (χ2n) is 20.3. The minimum atomic E-state index is -0.390. The van der Waals surface area contributed by atoms with Crippen LogP contribution in [0.25, 0.3) is 66.1 Å². The van der Waals surface area contributed by atoms with Crippen molar-refractivity contribution in [3.05, 3.63) is 288 Å². The van der Waals surface area contributed by atoms with Crippen LogP contribution in [0.3, 0.4) is 0 Å². The van der Waals surface area contributed by atoms with Crippen LogP contribution in [0.15, 0.2) is 264 Å². The third kappa shape index (κ3) is 6.09. The summed E-state index contributed by atoms with van der Waals surface area (Å²) in [6.45, 7) is 4.78. The Kier molecular flexibility index (Phi) is 9.19. The summed E-state index contributed by atoms with van der Waals surface area (Å²) in [5.74, 6) is 0. The number of benzene rings is 11. The van der Waals surface area contributed by atoms with Gasteiger partial charge in [0.15, 0.2) is 0 Å². The first-order chi connectivity index (χ1) is 36.4. The molecule has 15 rings (SSSR count). The van der Waals surface area contributed by atoms with Crippen molar-refractivity contribution < 1.29 is 8.83 Å². The Morgan fingerprint density at radius 1 is 0.284 bits per heavy atom. The van der Waals surface area contributed by atoms with Crippen molar-refractivity contribution in [3.8, 4) is 22.3 Å². The van der Waals surface area contributed by atoms with Crippen molar-refractivity contribution in [2.75, 3.05) is 9.80 Å². The second kappa shape index (κ2) is 16.1. The molecule has 2 heterocycles. The van der Waals surface area contributed by atoms with E-state index in [2.05, 4.69) is 266 Å². The molecule has 0 spiro atoms. The van der Waals surface area contributed by atoms with E-state index in [0.717, 1.165) is 78.0 Å². The topological polar surface area (TPSA) is 32.8 Å². The van der Waals surface area contributed by atoms with E-state index in [9.17, 15) is 0 Å². The molecule has 0 amide bonds. The number of para-hydroxylation sites is 2. The molecule has 2 aliphatic rings. The Morgan fingerprint density at radius 3 is 1.36 bits per heavy atom. The van der Waals surface area contributed by atoms with Crippen molar-refractivity contribution in [3.63, 3.8) is 0 Å². The van der Waals surface area contributed by atoms with Crippen LogP contribution in [0.2, 0.25) is 0 Å². The Labute approximate surface area is 429 Å². The van der Waals surface area contributed by atoms with E-state index in [-0.39, 0.29) is 5.41 Å². The molecule has 0 radical (unpaired) electrons. The van der Waals surface area contributed by atoms with Gasteiger partial charge in [0.05, 0.1) is 11.1 Å². The highest BCUT2D eigenvalue weighted by molar-refractivity contribution is 6.13. The molecule has 0 saturated carbocycles. The largest absolute Gasteiger partial charge is 0.456 e. The highest BCUT2D eigenvalue weighted by Crippen LogP contribution is 2.56. The summed E-state index contributed by atoms with van der Waals surface area (Å²) in [6.07, 6.45) is 0. The molecule has 0 N–H and O–H groups in total. The monoisotopic (exact) mass is 948 g/mol. The third-order valence-electron chi connectivity index (χ3n) is 16.4. The van der Waals surface area contributed by atoms with E-state index < -0.39 is 5.41 Å². The number of rotatable bonds is 8. The number of hydrogen-bond donors (Lipinski definition) is 0. The summed E-state index contributed by atoms with van der Waals surface area (Å²) in [7, 11) is 0. The van der Waals surface area contributed by atoms with E-state index in [4.69, 9.17) is 8.83 Å². The smallest absolute Gasteiger partial charge is 0.137 e. The lowest BCUT2D eigenvalue weighted by molar-refractivity contribution is 0.668. The number of nitrogens with zero attached hydrogens (tertiary/aromatic N) is 2. The summed E-state index contributed by atoms with van der Waals surface area (Å²) in [5, 5.41) is 4.33. The van der Waals surface area contributed by atoms with Crippen LogP contribution in [0.4, 0.5) is 34.1 Å². The SMILES string of the molecule is CC1(c2ccccc2)c2ccccc2-c2ccc(N(c3cccc(N(c4ccc5c(c4)C(C)(c4ccccc4)c4ccccc4-5)c4cccc5oc6ccccc6c45)c3)c3ccc4c(c3)oc3ccccc34)cc21. The van der Waals surface area contributed by atoms with Crippen molar-refractivity contribution >= 4 is 78.0 Å². The zero-order chi connectivity index (χ0) is 49.1. The van der Waals surface area contributed by atoms with Gasteiger partial charge in [-0.05, 0) is 148 Å². The first-order valence-electron chi connectivity index (χ1n) is 25.6. The van der Waals surface area contributed by atoms with Gasteiger partial charge < -0.3 is 18.6 Å². The minimum absolute atomic E-state index is 0.385. The van der Waals surface area contributed by atoms with Crippen LogP contribution in [-0.2, 0) is 10.8 Å². The summed E-state index contributed by atoms with van der Waals surface area (Å²) in [6, 6.07) is 92.8.